The third kappa shape index (κ3) is 4.44. The zero-order valence-electron chi connectivity index (χ0n) is 11.4. The minimum absolute atomic E-state index is 0.502. The highest BCUT2D eigenvalue weighted by Gasteiger charge is 2.12. The van der Waals surface area contributed by atoms with E-state index in [2.05, 4.69) is 70.8 Å². The van der Waals surface area contributed by atoms with E-state index in [0.717, 1.165) is 19.4 Å². The number of aryl methyl sites for hydroxylation is 1. The van der Waals surface area contributed by atoms with Crippen LogP contribution in [0.4, 0.5) is 0 Å². The molecule has 0 aliphatic carbocycles. The Hall–Kier alpha value is -0.640. The van der Waals surface area contributed by atoms with Gasteiger partial charge in [-0.2, -0.15) is 0 Å². The van der Waals surface area contributed by atoms with Crippen molar-refractivity contribution in [3.8, 4) is 0 Å². The predicted molar refractivity (Wildman–Crippen MR) is 88.1 cm³/mol. The molecule has 0 bridgehead atoms. The van der Waals surface area contributed by atoms with E-state index < -0.39 is 0 Å². The summed E-state index contributed by atoms with van der Waals surface area (Å²) in [6.07, 6.45) is 2.17. The van der Waals surface area contributed by atoms with Crippen molar-refractivity contribution in [1.29, 1.82) is 0 Å². The highest BCUT2D eigenvalue weighted by atomic mass is 79.9. The lowest BCUT2D eigenvalue weighted by Crippen LogP contribution is -2.32. The highest BCUT2D eigenvalue weighted by molar-refractivity contribution is 9.10. The van der Waals surface area contributed by atoms with Gasteiger partial charge in [-0.15, -0.1) is 11.3 Å². The van der Waals surface area contributed by atoms with Gasteiger partial charge in [0, 0.05) is 15.4 Å². The van der Waals surface area contributed by atoms with Crippen LogP contribution in [0.3, 0.4) is 0 Å². The maximum atomic E-state index is 3.62. The summed E-state index contributed by atoms with van der Waals surface area (Å²) < 4.78 is 1.24. The fourth-order valence-corrected chi connectivity index (χ4v) is 3.80. The maximum absolute atomic E-state index is 3.62. The van der Waals surface area contributed by atoms with Crippen LogP contribution >= 0.6 is 27.3 Å². The van der Waals surface area contributed by atoms with E-state index in [-0.39, 0.29) is 0 Å². The second-order valence-electron chi connectivity index (χ2n) is 4.84. The lowest BCUT2D eigenvalue weighted by molar-refractivity contribution is 0.524. The van der Waals surface area contributed by atoms with Gasteiger partial charge in [-0.3, -0.25) is 0 Å². The Kier molecular flexibility index (Phi) is 5.61. The van der Waals surface area contributed by atoms with Crippen molar-refractivity contribution in [3.05, 3.63) is 56.2 Å². The molecular weight excluding hydrogens is 318 g/mol. The van der Waals surface area contributed by atoms with Gasteiger partial charge in [0.15, 0.2) is 0 Å². The molecule has 1 N–H and O–H groups in total. The number of halogens is 1. The first-order chi connectivity index (χ1) is 9.19. The Labute approximate surface area is 128 Å². The van der Waals surface area contributed by atoms with E-state index in [9.17, 15) is 0 Å². The first kappa shape index (κ1) is 14.8. The number of rotatable bonds is 6. The number of likely N-dealkylation sites (N-methyl/N-ethyl adjacent to an activating group) is 1. The van der Waals surface area contributed by atoms with Crippen molar-refractivity contribution in [2.24, 2.45) is 0 Å². The Morgan fingerprint density at radius 2 is 1.89 bits per heavy atom. The largest absolute Gasteiger partial charge is 0.314 e. The molecule has 1 unspecified atom stereocenters. The van der Waals surface area contributed by atoms with Crippen LogP contribution in [0.5, 0.6) is 0 Å². The second kappa shape index (κ2) is 7.22. The van der Waals surface area contributed by atoms with Crippen LogP contribution in [-0.4, -0.2) is 12.6 Å². The molecule has 0 saturated heterocycles. The molecule has 0 spiro atoms. The number of hydrogen-bond donors (Lipinski definition) is 1. The fourth-order valence-electron chi connectivity index (χ4n) is 2.21. The van der Waals surface area contributed by atoms with E-state index in [4.69, 9.17) is 0 Å². The average molecular weight is 338 g/mol. The fraction of sp³-hybridized carbons (Fsp3) is 0.375. The van der Waals surface area contributed by atoms with Gasteiger partial charge in [-0.05, 0) is 59.2 Å². The van der Waals surface area contributed by atoms with Crippen molar-refractivity contribution in [2.45, 2.75) is 32.7 Å². The third-order valence-electron chi connectivity index (χ3n) is 3.22. The Balaban J connectivity index is 2.03. The Bertz CT molecular complexity index is 504. The predicted octanol–water partition coefficient (Wildman–Crippen LogP) is 4.58. The van der Waals surface area contributed by atoms with Crippen LogP contribution in [0.15, 0.2) is 40.2 Å². The summed E-state index contributed by atoms with van der Waals surface area (Å²) in [5.74, 6) is 0. The van der Waals surface area contributed by atoms with Crippen LogP contribution < -0.4 is 5.32 Å². The molecule has 0 saturated carbocycles. The molecule has 102 valence electrons. The molecule has 1 aromatic carbocycles. The van der Waals surface area contributed by atoms with Crippen molar-refractivity contribution >= 4 is 27.3 Å². The molecule has 1 nitrogen and oxygen atoms in total. The smallest absolute Gasteiger partial charge is 0.0314 e. The van der Waals surface area contributed by atoms with E-state index in [1.54, 1.807) is 0 Å². The molecule has 0 amide bonds. The molecular formula is C16H20BrNS. The van der Waals surface area contributed by atoms with E-state index in [1.807, 2.05) is 11.3 Å². The van der Waals surface area contributed by atoms with Crippen LogP contribution in [0.2, 0.25) is 0 Å². The van der Waals surface area contributed by atoms with Crippen molar-refractivity contribution in [2.75, 3.05) is 6.54 Å². The Morgan fingerprint density at radius 3 is 2.47 bits per heavy atom. The SMILES string of the molecule is CCNC(Cc1ccc(C)cc1)Cc1sccc1Br. The van der Waals surface area contributed by atoms with E-state index in [1.165, 1.54) is 20.5 Å². The average Bonchev–Trinajstić information content (AvgIpc) is 2.78. The number of nitrogens with one attached hydrogen (secondary N) is 1. The summed E-state index contributed by atoms with van der Waals surface area (Å²) in [6.45, 7) is 5.32. The first-order valence-electron chi connectivity index (χ1n) is 6.70. The number of hydrogen-bond acceptors (Lipinski definition) is 2. The zero-order valence-corrected chi connectivity index (χ0v) is 13.9. The third-order valence-corrected chi connectivity index (χ3v) is 5.17. The Morgan fingerprint density at radius 1 is 1.16 bits per heavy atom. The number of thiophene rings is 1. The van der Waals surface area contributed by atoms with Gasteiger partial charge in [0.1, 0.15) is 0 Å². The molecule has 2 rings (SSSR count). The first-order valence-corrected chi connectivity index (χ1v) is 8.37. The lowest BCUT2D eigenvalue weighted by Gasteiger charge is -2.17. The van der Waals surface area contributed by atoms with Crippen LogP contribution in [-0.2, 0) is 12.8 Å². The van der Waals surface area contributed by atoms with Crippen molar-refractivity contribution < 1.29 is 0 Å². The minimum atomic E-state index is 0.502. The molecule has 1 aromatic heterocycles. The van der Waals surface area contributed by atoms with Gasteiger partial charge >= 0.3 is 0 Å². The van der Waals surface area contributed by atoms with Gasteiger partial charge in [-0.25, -0.2) is 0 Å². The minimum Gasteiger partial charge on any atom is -0.314 e. The van der Waals surface area contributed by atoms with Crippen molar-refractivity contribution in [3.63, 3.8) is 0 Å². The summed E-state index contributed by atoms with van der Waals surface area (Å²) in [6, 6.07) is 11.5. The van der Waals surface area contributed by atoms with Crippen LogP contribution in [0.25, 0.3) is 0 Å². The second-order valence-corrected chi connectivity index (χ2v) is 6.70. The lowest BCUT2D eigenvalue weighted by atomic mass is 10.0. The molecule has 19 heavy (non-hydrogen) atoms. The molecule has 0 fully saturated rings. The van der Waals surface area contributed by atoms with Crippen LogP contribution in [0, 0.1) is 6.92 Å². The monoisotopic (exact) mass is 337 g/mol. The molecule has 0 radical (unpaired) electrons. The van der Waals surface area contributed by atoms with Gasteiger partial charge in [0.2, 0.25) is 0 Å². The zero-order chi connectivity index (χ0) is 13.7. The maximum Gasteiger partial charge on any atom is 0.0314 e. The molecule has 3 heteroatoms. The summed E-state index contributed by atoms with van der Waals surface area (Å²) >= 11 is 5.45. The molecule has 0 aliphatic heterocycles. The molecule has 1 heterocycles. The normalized spacial score (nSPS) is 12.6. The van der Waals surface area contributed by atoms with Gasteiger partial charge in [0.05, 0.1) is 0 Å². The van der Waals surface area contributed by atoms with Gasteiger partial charge in [0.25, 0.3) is 0 Å². The van der Waals surface area contributed by atoms with Crippen molar-refractivity contribution in [1.82, 2.24) is 5.32 Å². The standard InChI is InChI=1S/C16H20BrNS/c1-3-18-14(11-16-15(17)8-9-19-16)10-13-6-4-12(2)5-7-13/h4-9,14,18H,3,10-11H2,1-2H3. The van der Waals surface area contributed by atoms with Gasteiger partial charge in [-0.1, -0.05) is 36.8 Å². The quantitative estimate of drug-likeness (QED) is 0.813. The summed E-state index contributed by atoms with van der Waals surface area (Å²) in [5.41, 5.74) is 2.73. The summed E-state index contributed by atoms with van der Waals surface area (Å²) in [7, 11) is 0. The van der Waals surface area contributed by atoms with E-state index in [0.29, 0.717) is 6.04 Å². The highest BCUT2D eigenvalue weighted by Crippen LogP contribution is 2.24. The molecule has 1 atom stereocenters. The summed E-state index contributed by atoms with van der Waals surface area (Å²) in [5, 5.41) is 5.74. The molecule has 0 aliphatic rings. The molecule has 2 aromatic rings. The topological polar surface area (TPSA) is 12.0 Å². The number of benzene rings is 1. The van der Waals surface area contributed by atoms with Crippen LogP contribution in [0.1, 0.15) is 22.9 Å². The van der Waals surface area contributed by atoms with Gasteiger partial charge < -0.3 is 5.32 Å². The summed E-state index contributed by atoms with van der Waals surface area (Å²) in [4.78, 5) is 1.43. The van der Waals surface area contributed by atoms with E-state index >= 15 is 0 Å².